The van der Waals surface area contributed by atoms with Gasteiger partial charge in [-0.3, -0.25) is 0 Å². The highest BCUT2D eigenvalue weighted by Gasteiger charge is 2.58. The van der Waals surface area contributed by atoms with Crippen LogP contribution in [0, 0.1) is 37.0 Å². The van der Waals surface area contributed by atoms with E-state index in [0.29, 0.717) is 11.6 Å². The SMILES string of the molecule is Cc1cc(C23CC4CC(C2)CC(c2ccc(-c5nc(-c6ccccc6)nc(-c6cccc7ccccc67)n5)c(C)c2)(C4)C3)ccc1-c1ccc2c(C#N)cccc2c1. The molecule has 1 aromatic heterocycles. The van der Waals surface area contributed by atoms with Gasteiger partial charge >= 0.3 is 0 Å². The van der Waals surface area contributed by atoms with Crippen molar-refractivity contribution in [3.05, 3.63) is 173 Å². The van der Waals surface area contributed by atoms with Gasteiger partial charge in [0.25, 0.3) is 0 Å². The van der Waals surface area contributed by atoms with E-state index in [4.69, 9.17) is 15.0 Å². The first kappa shape index (κ1) is 34.8. The lowest BCUT2D eigenvalue weighted by atomic mass is 9.41. The molecule has 0 aliphatic heterocycles. The van der Waals surface area contributed by atoms with Gasteiger partial charge in [-0.15, -0.1) is 0 Å². The van der Waals surface area contributed by atoms with Gasteiger partial charge in [0.15, 0.2) is 17.5 Å². The van der Waals surface area contributed by atoms with Gasteiger partial charge in [-0.25, -0.2) is 15.0 Å². The van der Waals surface area contributed by atoms with Crippen LogP contribution >= 0.6 is 0 Å². The fraction of sp³-hybridized carbons (Fsp3) is 0.222. The zero-order valence-corrected chi connectivity index (χ0v) is 33.0. The molecule has 8 aromatic rings. The van der Waals surface area contributed by atoms with Crippen LogP contribution in [0.4, 0.5) is 0 Å². The highest BCUT2D eigenvalue weighted by Crippen LogP contribution is 2.66. The van der Waals surface area contributed by atoms with E-state index < -0.39 is 0 Å². The van der Waals surface area contributed by atoms with Gasteiger partial charge in [0, 0.05) is 16.7 Å². The maximum Gasteiger partial charge on any atom is 0.164 e. The third kappa shape index (κ3) is 5.67. The summed E-state index contributed by atoms with van der Waals surface area (Å²) in [5.74, 6) is 3.60. The third-order valence-corrected chi connectivity index (χ3v) is 14.0. The van der Waals surface area contributed by atoms with E-state index in [9.17, 15) is 5.26 Å². The molecule has 0 N–H and O–H groups in total. The molecule has 4 saturated carbocycles. The molecule has 4 aliphatic carbocycles. The highest BCUT2D eigenvalue weighted by atomic mass is 15.0. The van der Waals surface area contributed by atoms with Gasteiger partial charge in [0.05, 0.1) is 11.6 Å². The molecule has 7 aromatic carbocycles. The van der Waals surface area contributed by atoms with Crippen LogP contribution in [0.1, 0.15) is 66.3 Å². The summed E-state index contributed by atoms with van der Waals surface area (Å²) in [6, 6.07) is 54.5. The predicted octanol–water partition coefficient (Wildman–Crippen LogP) is 13.1. The van der Waals surface area contributed by atoms with Crippen molar-refractivity contribution in [2.45, 2.75) is 63.2 Å². The number of nitrogens with zero attached hydrogens (tertiary/aromatic N) is 4. The maximum atomic E-state index is 9.64. The summed E-state index contributed by atoms with van der Waals surface area (Å²) in [6.07, 6.45) is 7.70. The fourth-order valence-corrected chi connectivity index (χ4v) is 11.8. The summed E-state index contributed by atoms with van der Waals surface area (Å²) >= 11 is 0. The molecular weight excluding hydrogens is 705 g/mol. The lowest BCUT2D eigenvalue weighted by Gasteiger charge is -2.63. The minimum Gasteiger partial charge on any atom is -0.208 e. The van der Waals surface area contributed by atoms with Gasteiger partial charge in [-0.1, -0.05) is 133 Å². The number of nitriles is 1. The molecule has 1 heterocycles. The highest BCUT2D eigenvalue weighted by molar-refractivity contribution is 5.95. The van der Waals surface area contributed by atoms with E-state index in [1.54, 1.807) is 0 Å². The Hall–Kier alpha value is -6.44. The van der Waals surface area contributed by atoms with E-state index in [1.807, 2.05) is 30.3 Å². The Morgan fingerprint density at radius 2 is 1.10 bits per heavy atom. The number of fused-ring (bicyclic) bond motifs is 2. The van der Waals surface area contributed by atoms with Crippen molar-refractivity contribution in [3.63, 3.8) is 0 Å². The summed E-state index contributed by atoms with van der Waals surface area (Å²) < 4.78 is 0. The number of rotatable bonds is 6. The van der Waals surface area contributed by atoms with Crippen molar-refractivity contribution >= 4 is 21.5 Å². The predicted molar refractivity (Wildman–Crippen MR) is 235 cm³/mol. The van der Waals surface area contributed by atoms with Crippen LogP contribution < -0.4 is 0 Å². The van der Waals surface area contributed by atoms with Gasteiger partial charge in [-0.2, -0.15) is 5.26 Å². The standard InChI is InChI=1S/C54H44N4/c1-34-24-43(19-22-45(34)41-18-21-47-40(27-41)14-8-15-42(47)32-55)53-28-36-26-37(29-53)31-54(30-36,33-53)44-20-23-46(35(2)25-44)51-56-50(39-11-4-3-5-12-39)57-52(58-51)49-17-9-13-38-10-6-7-16-48(38)49/h3-25,27,36-37H,26,28-31,33H2,1-2H3. The number of hydrogen-bond donors (Lipinski definition) is 0. The second-order valence-corrected chi connectivity index (χ2v) is 17.6. The van der Waals surface area contributed by atoms with E-state index in [2.05, 4.69) is 135 Å². The molecule has 0 radical (unpaired) electrons. The zero-order valence-electron chi connectivity index (χ0n) is 33.0. The van der Waals surface area contributed by atoms with Crippen LogP contribution in [-0.4, -0.2) is 15.0 Å². The van der Waals surface area contributed by atoms with Crippen LogP contribution in [0.25, 0.3) is 66.8 Å². The van der Waals surface area contributed by atoms with Gasteiger partial charge in [0.2, 0.25) is 0 Å². The molecule has 0 amide bonds. The van der Waals surface area contributed by atoms with Crippen molar-refractivity contribution in [2.24, 2.45) is 11.8 Å². The Labute approximate surface area is 340 Å². The molecule has 12 rings (SSSR count). The maximum absolute atomic E-state index is 9.64. The zero-order chi connectivity index (χ0) is 39.0. The lowest BCUT2D eigenvalue weighted by Crippen LogP contribution is -2.56. The second kappa shape index (κ2) is 13.3. The molecule has 2 unspecified atom stereocenters. The fourth-order valence-electron chi connectivity index (χ4n) is 11.8. The van der Waals surface area contributed by atoms with Crippen molar-refractivity contribution < 1.29 is 0 Å². The monoisotopic (exact) mass is 748 g/mol. The minimum atomic E-state index is 0.166. The van der Waals surface area contributed by atoms with Crippen LogP contribution in [-0.2, 0) is 10.8 Å². The molecule has 280 valence electrons. The lowest BCUT2D eigenvalue weighted by molar-refractivity contribution is -0.0281. The van der Waals surface area contributed by atoms with Crippen LogP contribution in [0.3, 0.4) is 0 Å². The quantitative estimate of drug-likeness (QED) is 0.170. The van der Waals surface area contributed by atoms with Gasteiger partial charge in [0.1, 0.15) is 0 Å². The first-order valence-electron chi connectivity index (χ1n) is 20.8. The first-order chi connectivity index (χ1) is 28.4. The summed E-state index contributed by atoms with van der Waals surface area (Å²) in [5, 5.41) is 14.1. The third-order valence-electron chi connectivity index (χ3n) is 14.0. The van der Waals surface area contributed by atoms with Gasteiger partial charge in [-0.05, 0) is 142 Å². The largest absolute Gasteiger partial charge is 0.208 e. The Morgan fingerprint density at radius 1 is 0.500 bits per heavy atom. The summed E-state index contributed by atoms with van der Waals surface area (Å²) in [4.78, 5) is 15.4. The Balaban J connectivity index is 0.952. The molecule has 4 aliphatic rings. The average molecular weight is 749 g/mol. The molecule has 4 fully saturated rings. The number of aromatic nitrogens is 3. The number of benzene rings is 7. The van der Waals surface area contributed by atoms with E-state index in [0.717, 1.165) is 56.1 Å². The summed E-state index contributed by atoms with van der Waals surface area (Å²) in [7, 11) is 0. The molecule has 2 atom stereocenters. The van der Waals surface area contributed by atoms with Crippen molar-refractivity contribution in [3.8, 4) is 51.4 Å². The molecule has 0 spiro atoms. The Bertz CT molecular complexity index is 2960. The van der Waals surface area contributed by atoms with E-state index in [1.165, 1.54) is 77.3 Å². The molecule has 4 nitrogen and oxygen atoms in total. The smallest absolute Gasteiger partial charge is 0.164 e. The van der Waals surface area contributed by atoms with E-state index >= 15 is 0 Å². The van der Waals surface area contributed by atoms with Crippen LogP contribution in [0.2, 0.25) is 0 Å². The average Bonchev–Trinajstić information content (AvgIpc) is 3.25. The molecule has 4 heteroatoms. The number of hydrogen-bond acceptors (Lipinski definition) is 4. The normalized spacial score (nSPS) is 22.0. The molecule has 4 bridgehead atoms. The van der Waals surface area contributed by atoms with Gasteiger partial charge < -0.3 is 0 Å². The Kier molecular flexibility index (Phi) is 7.99. The minimum absolute atomic E-state index is 0.166. The molecule has 0 saturated heterocycles. The number of aryl methyl sites for hydroxylation is 2. The summed E-state index contributed by atoms with van der Waals surface area (Å²) in [6.45, 7) is 4.53. The first-order valence-corrected chi connectivity index (χ1v) is 20.8. The Morgan fingerprint density at radius 3 is 1.81 bits per heavy atom. The van der Waals surface area contributed by atoms with Crippen LogP contribution in [0.15, 0.2) is 146 Å². The molecule has 58 heavy (non-hydrogen) atoms. The summed E-state index contributed by atoms with van der Waals surface area (Å²) in [5.41, 5.74) is 12.2. The van der Waals surface area contributed by atoms with Crippen molar-refractivity contribution in [1.82, 2.24) is 15.0 Å². The van der Waals surface area contributed by atoms with Crippen molar-refractivity contribution in [1.29, 1.82) is 5.26 Å². The van der Waals surface area contributed by atoms with Crippen molar-refractivity contribution in [2.75, 3.05) is 0 Å². The second-order valence-electron chi connectivity index (χ2n) is 17.6. The van der Waals surface area contributed by atoms with E-state index in [-0.39, 0.29) is 10.8 Å². The van der Waals surface area contributed by atoms with Crippen LogP contribution in [0.5, 0.6) is 0 Å². The molecular formula is C54H44N4. The topological polar surface area (TPSA) is 62.5 Å².